The first kappa shape index (κ1) is 43.1. The van der Waals surface area contributed by atoms with Gasteiger partial charge in [-0.25, -0.2) is 0 Å². The van der Waals surface area contributed by atoms with Crippen LogP contribution in [-0.4, -0.2) is 15.3 Å². The van der Waals surface area contributed by atoms with E-state index in [1.807, 2.05) is 31.2 Å². The van der Waals surface area contributed by atoms with Gasteiger partial charge >= 0.3 is 375 Å². The molecule has 0 aromatic heterocycles. The Bertz CT molecular complexity index is 2630. The molecule has 0 unspecified atom stereocenters. The molecule has 318 valence electrons. The fraction of sp³-hybridized carbons (Fsp3) is 0.172. The molecule has 5 heteroatoms. The Labute approximate surface area is 373 Å². The van der Waals surface area contributed by atoms with Crippen molar-refractivity contribution < 1.29 is 19.8 Å². The molecule has 0 aliphatic carbocycles. The van der Waals surface area contributed by atoms with Crippen LogP contribution in [0.4, 0.5) is 0 Å². The SMILES string of the molecule is Cc1ccc(O)c(Cc2cc(C)cc(Cc3cccc(Cc4cc(C)ccc4O)c3OP(Cc3ccccc3)(Cc3ccccc3)(Cc3ccccc3)Cc3ccccc3)c2O)c1. The maximum atomic E-state index is 12.2. The summed E-state index contributed by atoms with van der Waals surface area (Å²) in [5, 5.41) is 34.3. The van der Waals surface area contributed by atoms with Crippen LogP contribution in [0.5, 0.6) is 23.0 Å². The van der Waals surface area contributed by atoms with Crippen molar-refractivity contribution in [1.82, 2.24) is 0 Å². The van der Waals surface area contributed by atoms with Gasteiger partial charge in [0.25, 0.3) is 0 Å². The van der Waals surface area contributed by atoms with E-state index in [2.05, 4.69) is 166 Å². The Morgan fingerprint density at radius 3 is 1.06 bits per heavy atom. The Morgan fingerprint density at radius 1 is 0.349 bits per heavy atom. The summed E-state index contributed by atoms with van der Waals surface area (Å²) in [6.07, 6.45) is 4.12. The first-order valence-electron chi connectivity index (χ1n) is 21.9. The summed E-state index contributed by atoms with van der Waals surface area (Å²) in [5.41, 5.74) is 13.1. The van der Waals surface area contributed by atoms with E-state index in [9.17, 15) is 15.3 Å². The Kier molecular flexibility index (Phi) is 12.8. The van der Waals surface area contributed by atoms with Gasteiger partial charge in [0.15, 0.2) is 0 Å². The number of aromatic hydroxyl groups is 3. The number of rotatable bonds is 16. The third-order valence-electron chi connectivity index (χ3n) is 12.3. The second-order valence-electron chi connectivity index (χ2n) is 17.7. The molecule has 0 aliphatic rings. The molecule has 0 bridgehead atoms. The number of phenols is 3. The second-order valence-corrected chi connectivity index (χ2v) is 22.8. The van der Waals surface area contributed by atoms with E-state index < -0.39 is 6.83 Å². The number of benzene rings is 8. The molecule has 0 heterocycles. The Hall–Kier alpha value is -6.61. The molecule has 0 radical (unpaired) electrons. The molecule has 0 amide bonds. The van der Waals surface area contributed by atoms with Crippen molar-refractivity contribution in [3.05, 3.63) is 260 Å². The van der Waals surface area contributed by atoms with Crippen molar-refractivity contribution in [3.63, 3.8) is 0 Å². The molecule has 0 atom stereocenters. The van der Waals surface area contributed by atoms with Gasteiger partial charge in [0.05, 0.1) is 0 Å². The molecule has 8 aromatic rings. The maximum absolute atomic E-state index is 12.2. The second kappa shape index (κ2) is 18.8. The van der Waals surface area contributed by atoms with Crippen molar-refractivity contribution in [2.24, 2.45) is 0 Å². The Morgan fingerprint density at radius 2 is 0.683 bits per heavy atom. The quantitative estimate of drug-likeness (QED) is 0.0847. The van der Waals surface area contributed by atoms with E-state index in [1.54, 1.807) is 12.1 Å². The molecule has 3 N–H and O–H groups in total. The minimum absolute atomic E-state index is 0.214. The standard InChI is InChI=1S/C58H57O4P/c1-42-27-29-55(59)51(31-42)35-49-25-16-26-50(36-53-33-44(3)34-54(57(53)61)37-52-32-43(2)28-30-56(52)60)58(49)62-63(38-45-17-8-4-9-18-45,39-46-19-10-5-11-20-46,40-47-21-12-6-13-22-47)41-48-23-14-7-15-24-48/h4-34,59-61H,35-41H2,1-3H3. The summed E-state index contributed by atoms with van der Waals surface area (Å²) in [6, 6.07) is 65.1. The zero-order valence-electron chi connectivity index (χ0n) is 36.5. The first-order valence-corrected chi connectivity index (χ1v) is 24.8. The molecular formula is C58H57O4P. The number of hydrogen-bond acceptors (Lipinski definition) is 4. The average Bonchev–Trinajstić information content (AvgIpc) is 3.27. The van der Waals surface area contributed by atoms with Crippen LogP contribution in [0.15, 0.2) is 188 Å². The fourth-order valence-electron chi connectivity index (χ4n) is 9.47. The van der Waals surface area contributed by atoms with Gasteiger partial charge in [0.2, 0.25) is 0 Å². The number of hydrogen-bond donors (Lipinski definition) is 3. The van der Waals surface area contributed by atoms with E-state index in [0.29, 0.717) is 43.9 Å². The van der Waals surface area contributed by atoms with Crippen molar-refractivity contribution in [3.8, 4) is 23.0 Å². The number of phenolic OH excluding ortho intramolecular Hbond substituents is 3. The van der Waals surface area contributed by atoms with Crippen LogP contribution in [0.3, 0.4) is 0 Å². The van der Waals surface area contributed by atoms with Crippen LogP contribution in [0, 0.1) is 20.8 Å². The summed E-state index contributed by atoms with van der Waals surface area (Å²) in [6.45, 7) is 2.46. The van der Waals surface area contributed by atoms with E-state index in [1.165, 1.54) is 22.3 Å². The molecule has 0 saturated carbocycles. The van der Waals surface area contributed by atoms with Gasteiger partial charge in [0.1, 0.15) is 0 Å². The Balaban J connectivity index is 1.38. The summed E-state index contributed by atoms with van der Waals surface area (Å²) in [7, 11) is 0. The van der Waals surface area contributed by atoms with Crippen LogP contribution in [0.2, 0.25) is 0 Å². The van der Waals surface area contributed by atoms with E-state index in [0.717, 1.165) is 55.8 Å². The van der Waals surface area contributed by atoms with E-state index >= 15 is 0 Å². The van der Waals surface area contributed by atoms with Gasteiger partial charge in [-0.3, -0.25) is 0 Å². The van der Waals surface area contributed by atoms with Gasteiger partial charge in [0, 0.05) is 0 Å². The molecule has 0 aliphatic heterocycles. The van der Waals surface area contributed by atoms with Crippen molar-refractivity contribution in [2.75, 3.05) is 0 Å². The summed E-state index contributed by atoms with van der Waals surface area (Å²) in [4.78, 5) is 0. The average molecular weight is 849 g/mol. The zero-order chi connectivity index (χ0) is 43.8. The minimum atomic E-state index is -3.66. The van der Waals surface area contributed by atoms with Gasteiger partial charge in [-0.15, -0.1) is 0 Å². The summed E-state index contributed by atoms with van der Waals surface area (Å²) in [5.74, 6) is 1.48. The molecule has 0 spiro atoms. The fourth-order valence-corrected chi connectivity index (χ4v) is 15.7. The topological polar surface area (TPSA) is 69.9 Å². The van der Waals surface area contributed by atoms with Crippen molar-refractivity contribution in [1.29, 1.82) is 0 Å². The molecule has 4 nitrogen and oxygen atoms in total. The van der Waals surface area contributed by atoms with Crippen LogP contribution >= 0.6 is 6.83 Å². The van der Waals surface area contributed by atoms with Gasteiger partial charge in [-0.1, -0.05) is 0 Å². The predicted octanol–water partition coefficient (Wildman–Crippen LogP) is 14.1. The predicted molar refractivity (Wildman–Crippen MR) is 262 cm³/mol. The number of aryl methyl sites for hydroxylation is 3. The molecule has 8 aromatic carbocycles. The van der Waals surface area contributed by atoms with Crippen molar-refractivity contribution in [2.45, 2.75) is 64.7 Å². The zero-order valence-corrected chi connectivity index (χ0v) is 37.4. The monoisotopic (exact) mass is 848 g/mol. The number of para-hydroxylation sites is 1. The van der Waals surface area contributed by atoms with Gasteiger partial charge < -0.3 is 0 Å². The molecule has 63 heavy (non-hydrogen) atoms. The first-order chi connectivity index (χ1) is 30.5. The third kappa shape index (κ3) is 10.4. The van der Waals surface area contributed by atoms with Crippen LogP contribution in [0.1, 0.15) is 72.3 Å². The molecule has 8 rings (SSSR count). The van der Waals surface area contributed by atoms with E-state index in [-0.39, 0.29) is 17.2 Å². The van der Waals surface area contributed by atoms with Crippen molar-refractivity contribution >= 4 is 6.83 Å². The molecule has 0 saturated heterocycles. The van der Waals surface area contributed by atoms with Crippen LogP contribution < -0.4 is 4.52 Å². The van der Waals surface area contributed by atoms with Crippen LogP contribution in [-0.2, 0) is 43.9 Å². The normalized spacial score (nSPS) is 12.1. The van der Waals surface area contributed by atoms with E-state index in [4.69, 9.17) is 4.52 Å². The van der Waals surface area contributed by atoms with Crippen LogP contribution in [0.25, 0.3) is 0 Å². The molecule has 0 fully saturated rings. The summed E-state index contributed by atoms with van der Waals surface area (Å²) < 4.78 is 8.44. The van der Waals surface area contributed by atoms with Gasteiger partial charge in [-0.2, -0.15) is 0 Å². The summed E-state index contributed by atoms with van der Waals surface area (Å²) >= 11 is 0. The third-order valence-corrected chi connectivity index (χ3v) is 17.6. The van der Waals surface area contributed by atoms with Gasteiger partial charge in [-0.05, 0) is 0 Å². The molecular weight excluding hydrogens is 792 g/mol.